The molecule has 0 aliphatic rings. The lowest BCUT2D eigenvalue weighted by Gasteiger charge is -2.07. The number of esters is 1. The van der Waals surface area contributed by atoms with Crippen LogP contribution in [0.1, 0.15) is 20.8 Å². The van der Waals surface area contributed by atoms with E-state index in [9.17, 15) is 4.79 Å². The Morgan fingerprint density at radius 3 is 2.00 bits per heavy atom. The minimum Gasteiger partial charge on any atom is -0.462 e. The molecule has 0 aromatic carbocycles. The monoisotopic (exact) mass is 150 g/mol. The van der Waals surface area contributed by atoms with Crippen LogP contribution in [0.25, 0.3) is 0 Å². The van der Waals surface area contributed by atoms with E-state index in [1.54, 1.807) is 20.8 Å². The first-order valence-electron chi connectivity index (χ1n) is 2.88. The Bertz CT molecular complexity index is 99.2. The van der Waals surface area contributed by atoms with Crippen molar-refractivity contribution in [3.8, 4) is 0 Å². The summed E-state index contributed by atoms with van der Waals surface area (Å²) in [6.07, 6.45) is -0.0706. The van der Waals surface area contributed by atoms with Gasteiger partial charge >= 0.3 is 5.97 Å². The molecule has 0 saturated heterocycles. The molecule has 0 spiro atoms. The zero-order valence-electron chi connectivity index (χ0n) is 5.85. The van der Waals surface area contributed by atoms with Gasteiger partial charge in [-0.15, -0.1) is 11.6 Å². The molecule has 0 radical (unpaired) electrons. The quantitative estimate of drug-likeness (QED) is 0.441. The van der Waals surface area contributed by atoms with E-state index in [1.165, 1.54) is 0 Å². The number of carbonyl (C=O) groups excluding carboxylic acids is 1. The van der Waals surface area contributed by atoms with Crippen molar-refractivity contribution in [2.24, 2.45) is 0 Å². The highest BCUT2D eigenvalue weighted by Crippen LogP contribution is 1.99. The van der Waals surface area contributed by atoms with Gasteiger partial charge in [-0.3, -0.25) is 4.79 Å². The Hall–Kier alpha value is -0.240. The summed E-state index contributed by atoms with van der Waals surface area (Å²) >= 11 is 5.40. The fourth-order valence-corrected chi connectivity index (χ4v) is 0.378. The van der Waals surface area contributed by atoms with Crippen LogP contribution in [0, 0.1) is 0 Å². The second-order valence-electron chi connectivity index (χ2n) is 2.10. The summed E-state index contributed by atoms with van der Waals surface area (Å²) in [4.78, 5) is 10.6. The molecule has 0 unspecified atom stereocenters. The van der Waals surface area contributed by atoms with Crippen molar-refractivity contribution in [2.45, 2.75) is 32.3 Å². The fourth-order valence-electron chi connectivity index (χ4n) is 0.326. The summed E-state index contributed by atoms with van der Waals surface area (Å²) in [5, 5.41) is -0.535. The number of hydrogen-bond donors (Lipinski definition) is 0. The SMILES string of the molecule is CC(C)OC(=O)[C@@H](C)Cl. The van der Waals surface area contributed by atoms with Crippen molar-refractivity contribution in [1.29, 1.82) is 0 Å². The van der Waals surface area contributed by atoms with E-state index in [0.717, 1.165) is 0 Å². The predicted octanol–water partition coefficient (Wildman–Crippen LogP) is 1.57. The third kappa shape index (κ3) is 4.28. The van der Waals surface area contributed by atoms with Gasteiger partial charge in [-0.05, 0) is 20.8 Å². The second kappa shape index (κ2) is 3.72. The van der Waals surface area contributed by atoms with Gasteiger partial charge in [0.05, 0.1) is 6.10 Å². The summed E-state index contributed by atoms with van der Waals surface area (Å²) < 4.78 is 4.74. The minimum atomic E-state index is -0.535. The van der Waals surface area contributed by atoms with Crippen LogP contribution in [-0.2, 0) is 9.53 Å². The van der Waals surface area contributed by atoms with Crippen molar-refractivity contribution in [3.05, 3.63) is 0 Å². The molecule has 0 amide bonds. The van der Waals surface area contributed by atoms with Gasteiger partial charge in [0.15, 0.2) is 0 Å². The Morgan fingerprint density at radius 2 is 1.89 bits per heavy atom. The summed E-state index contributed by atoms with van der Waals surface area (Å²) in [6, 6.07) is 0. The smallest absolute Gasteiger partial charge is 0.324 e. The van der Waals surface area contributed by atoms with Gasteiger partial charge in [0.1, 0.15) is 5.38 Å². The van der Waals surface area contributed by atoms with Gasteiger partial charge < -0.3 is 4.74 Å². The van der Waals surface area contributed by atoms with Crippen molar-refractivity contribution < 1.29 is 9.53 Å². The Labute approximate surface area is 60.1 Å². The maximum atomic E-state index is 10.6. The molecule has 9 heavy (non-hydrogen) atoms. The highest BCUT2D eigenvalue weighted by Gasteiger charge is 2.11. The summed E-state index contributed by atoms with van der Waals surface area (Å²) in [6.45, 7) is 5.17. The molecule has 0 saturated carbocycles. The molecule has 0 heterocycles. The van der Waals surface area contributed by atoms with Crippen molar-refractivity contribution in [1.82, 2.24) is 0 Å². The molecule has 0 fully saturated rings. The van der Waals surface area contributed by atoms with Crippen molar-refractivity contribution >= 4 is 17.6 Å². The Balaban J connectivity index is 3.51. The van der Waals surface area contributed by atoms with E-state index in [-0.39, 0.29) is 12.1 Å². The van der Waals surface area contributed by atoms with Crippen LogP contribution in [0.15, 0.2) is 0 Å². The van der Waals surface area contributed by atoms with E-state index in [0.29, 0.717) is 0 Å². The maximum absolute atomic E-state index is 10.6. The molecular formula is C6H11ClO2. The van der Waals surface area contributed by atoms with Gasteiger partial charge in [0.2, 0.25) is 0 Å². The average Bonchev–Trinajstić information content (AvgIpc) is 1.63. The lowest BCUT2D eigenvalue weighted by molar-refractivity contribution is -0.146. The minimum absolute atomic E-state index is 0.0706. The number of ether oxygens (including phenoxy) is 1. The van der Waals surface area contributed by atoms with Crippen LogP contribution in [0.4, 0.5) is 0 Å². The molecule has 2 nitrogen and oxygen atoms in total. The van der Waals surface area contributed by atoms with Crippen LogP contribution in [0.5, 0.6) is 0 Å². The number of carbonyl (C=O) groups is 1. The number of halogens is 1. The first-order valence-corrected chi connectivity index (χ1v) is 3.32. The van der Waals surface area contributed by atoms with E-state index >= 15 is 0 Å². The molecule has 0 aliphatic heterocycles. The highest BCUT2D eigenvalue weighted by atomic mass is 35.5. The molecule has 0 bridgehead atoms. The van der Waals surface area contributed by atoms with Gasteiger partial charge in [0.25, 0.3) is 0 Å². The molecule has 0 aliphatic carbocycles. The van der Waals surface area contributed by atoms with Gasteiger partial charge in [-0.1, -0.05) is 0 Å². The van der Waals surface area contributed by atoms with E-state index in [4.69, 9.17) is 16.3 Å². The molecular weight excluding hydrogens is 140 g/mol. The van der Waals surface area contributed by atoms with E-state index < -0.39 is 5.38 Å². The molecule has 0 aromatic rings. The van der Waals surface area contributed by atoms with Crippen LogP contribution in [0.3, 0.4) is 0 Å². The predicted molar refractivity (Wildman–Crippen MR) is 36.5 cm³/mol. The average molecular weight is 151 g/mol. The van der Waals surface area contributed by atoms with E-state index in [1.807, 2.05) is 0 Å². The molecule has 54 valence electrons. The zero-order chi connectivity index (χ0) is 7.44. The maximum Gasteiger partial charge on any atom is 0.324 e. The third-order valence-electron chi connectivity index (χ3n) is 0.677. The standard InChI is InChI=1S/C6H11ClO2/c1-4(2)9-6(8)5(3)7/h4-5H,1-3H3/t5-/m1/s1. The summed E-state index contributed by atoms with van der Waals surface area (Å²) in [5.74, 6) is -0.355. The topological polar surface area (TPSA) is 26.3 Å². The Kier molecular flexibility index (Phi) is 3.62. The third-order valence-corrected chi connectivity index (χ3v) is 0.855. The van der Waals surface area contributed by atoms with Gasteiger partial charge in [-0.2, -0.15) is 0 Å². The number of hydrogen-bond acceptors (Lipinski definition) is 2. The number of rotatable bonds is 2. The van der Waals surface area contributed by atoms with Crippen molar-refractivity contribution in [3.63, 3.8) is 0 Å². The summed E-state index contributed by atoms with van der Waals surface area (Å²) in [7, 11) is 0. The largest absolute Gasteiger partial charge is 0.462 e. The van der Waals surface area contributed by atoms with Crippen molar-refractivity contribution in [2.75, 3.05) is 0 Å². The van der Waals surface area contributed by atoms with Crippen LogP contribution >= 0.6 is 11.6 Å². The van der Waals surface area contributed by atoms with Crippen LogP contribution < -0.4 is 0 Å². The molecule has 3 heteroatoms. The normalized spacial score (nSPS) is 13.4. The van der Waals surface area contributed by atoms with Crippen LogP contribution in [0.2, 0.25) is 0 Å². The lowest BCUT2D eigenvalue weighted by Crippen LogP contribution is -2.18. The molecule has 1 atom stereocenters. The number of alkyl halides is 1. The zero-order valence-corrected chi connectivity index (χ0v) is 6.61. The second-order valence-corrected chi connectivity index (χ2v) is 2.76. The molecule has 0 rings (SSSR count). The lowest BCUT2D eigenvalue weighted by atomic mass is 10.4. The Morgan fingerprint density at radius 1 is 1.44 bits per heavy atom. The van der Waals surface area contributed by atoms with Gasteiger partial charge in [-0.25, -0.2) is 0 Å². The fraction of sp³-hybridized carbons (Fsp3) is 0.833. The summed E-state index contributed by atoms with van der Waals surface area (Å²) in [5.41, 5.74) is 0. The van der Waals surface area contributed by atoms with E-state index in [2.05, 4.69) is 0 Å². The molecule has 0 aromatic heterocycles. The first kappa shape index (κ1) is 8.76. The molecule has 0 N–H and O–H groups in total. The first-order chi connectivity index (χ1) is 4.04. The van der Waals surface area contributed by atoms with Gasteiger partial charge in [0, 0.05) is 0 Å². The highest BCUT2D eigenvalue weighted by molar-refractivity contribution is 6.29. The van der Waals surface area contributed by atoms with Crippen LogP contribution in [-0.4, -0.2) is 17.5 Å².